The first-order chi connectivity index (χ1) is 16.8. The average molecular weight is 610 g/mol. The van der Waals surface area contributed by atoms with E-state index in [1.807, 2.05) is 34.0 Å². The summed E-state index contributed by atoms with van der Waals surface area (Å²) in [6.07, 6.45) is 0. The first-order valence-corrected chi connectivity index (χ1v) is 15.8. The minimum absolute atomic E-state index is 0.0386. The molecule has 0 aliphatic heterocycles. The van der Waals surface area contributed by atoms with Gasteiger partial charge in [-0.1, -0.05) is 27.7 Å². The largest absolute Gasteiger partial charge is 0.490 e. The zero-order valence-electron chi connectivity index (χ0n) is 20.5. The van der Waals surface area contributed by atoms with Gasteiger partial charge in [0, 0.05) is 53.4 Å². The van der Waals surface area contributed by atoms with Crippen LogP contribution < -0.4 is 4.74 Å². The van der Waals surface area contributed by atoms with Gasteiger partial charge in [-0.25, -0.2) is 0 Å². The van der Waals surface area contributed by atoms with Gasteiger partial charge in [-0.3, -0.25) is 0 Å². The summed E-state index contributed by atoms with van der Waals surface area (Å²) < 4.78 is 17.6. The highest BCUT2D eigenvalue weighted by atomic mass is 79.9. The van der Waals surface area contributed by atoms with Gasteiger partial charge in [0.25, 0.3) is 0 Å². The first-order valence-electron chi connectivity index (χ1n) is 11.5. The Balaban J connectivity index is 0.000000156. The third-order valence-electron chi connectivity index (χ3n) is 6.76. The molecular weight excluding hydrogens is 580 g/mol. The summed E-state index contributed by atoms with van der Waals surface area (Å²) in [4.78, 5) is 5.72. The molecule has 4 aromatic rings. The lowest BCUT2D eigenvalue weighted by atomic mass is 9.84. The maximum absolute atomic E-state index is 5.95. The van der Waals surface area contributed by atoms with E-state index in [4.69, 9.17) is 14.2 Å². The lowest BCUT2D eigenvalue weighted by molar-refractivity contribution is 0.0542. The molecule has 0 amide bonds. The van der Waals surface area contributed by atoms with E-state index >= 15 is 0 Å². The van der Waals surface area contributed by atoms with Gasteiger partial charge >= 0.3 is 0 Å². The first kappa shape index (κ1) is 25.6. The van der Waals surface area contributed by atoms with Gasteiger partial charge in [-0.15, -0.1) is 45.3 Å². The van der Waals surface area contributed by atoms with Crippen molar-refractivity contribution in [1.29, 1.82) is 0 Å². The van der Waals surface area contributed by atoms with Gasteiger partial charge in [0.1, 0.15) is 12.4 Å². The molecule has 2 aliphatic carbocycles. The van der Waals surface area contributed by atoms with E-state index in [9.17, 15) is 0 Å². The summed E-state index contributed by atoms with van der Waals surface area (Å²) in [6, 6.07) is 4.50. The van der Waals surface area contributed by atoms with Crippen molar-refractivity contribution in [2.75, 3.05) is 33.5 Å². The number of hydrogen-bond donors (Lipinski definition) is 0. The normalized spacial score (nSPS) is 15.7. The van der Waals surface area contributed by atoms with E-state index in [1.54, 1.807) is 18.4 Å². The highest BCUT2D eigenvalue weighted by Gasteiger charge is 2.41. The van der Waals surface area contributed by atoms with Crippen LogP contribution in [0.15, 0.2) is 38.1 Å². The van der Waals surface area contributed by atoms with Crippen molar-refractivity contribution in [3.63, 3.8) is 0 Å². The van der Waals surface area contributed by atoms with Crippen molar-refractivity contribution in [3.8, 4) is 25.3 Å². The van der Waals surface area contributed by atoms with Crippen LogP contribution in [0.4, 0.5) is 0 Å². The Kier molecular flexibility index (Phi) is 7.36. The molecule has 0 spiro atoms. The maximum Gasteiger partial charge on any atom is 0.134 e. The van der Waals surface area contributed by atoms with E-state index in [2.05, 4.69) is 77.3 Å². The summed E-state index contributed by atoms with van der Waals surface area (Å²) in [7, 11) is 1.68. The van der Waals surface area contributed by atoms with Crippen molar-refractivity contribution in [2.45, 2.75) is 38.5 Å². The molecule has 0 saturated carbocycles. The molecule has 0 fully saturated rings. The Morgan fingerprint density at radius 1 is 0.714 bits per heavy atom. The second-order valence-corrected chi connectivity index (χ2v) is 14.1. The van der Waals surface area contributed by atoms with Crippen LogP contribution in [0.25, 0.3) is 19.5 Å². The second-order valence-electron chi connectivity index (χ2n) is 9.62. The summed E-state index contributed by atoms with van der Waals surface area (Å²) in [5, 5.41) is 8.71. The molecule has 0 atom stereocenters. The monoisotopic (exact) mass is 608 g/mol. The fraction of sp³-hybridized carbons (Fsp3) is 0.407. The number of thiophene rings is 4. The van der Waals surface area contributed by atoms with Gasteiger partial charge in [-0.2, -0.15) is 0 Å². The Morgan fingerprint density at radius 2 is 1.29 bits per heavy atom. The van der Waals surface area contributed by atoms with Gasteiger partial charge < -0.3 is 14.2 Å². The Bertz CT molecular complexity index is 1320. The average Bonchev–Trinajstić information content (AvgIpc) is 3.61. The molecule has 6 rings (SSSR count). The zero-order valence-corrected chi connectivity index (χ0v) is 25.4. The molecule has 2 aliphatic rings. The van der Waals surface area contributed by atoms with Crippen LogP contribution in [0, 0.1) is 0 Å². The Labute approximate surface area is 231 Å². The molecule has 0 aromatic carbocycles. The molecule has 0 unspecified atom stereocenters. The predicted octanol–water partition coefficient (Wildman–Crippen LogP) is 9.04. The zero-order chi connectivity index (χ0) is 24.8. The summed E-state index contributed by atoms with van der Waals surface area (Å²) >= 11 is 11.0. The highest BCUT2D eigenvalue weighted by Crippen LogP contribution is 2.58. The third kappa shape index (κ3) is 4.39. The number of hydrogen-bond acceptors (Lipinski definition) is 7. The van der Waals surface area contributed by atoms with E-state index in [0.29, 0.717) is 26.4 Å². The van der Waals surface area contributed by atoms with Crippen LogP contribution in [0.5, 0.6) is 5.75 Å². The Morgan fingerprint density at radius 3 is 1.94 bits per heavy atom. The van der Waals surface area contributed by atoms with Crippen LogP contribution in [0.1, 0.15) is 49.9 Å². The van der Waals surface area contributed by atoms with Gasteiger partial charge in [-0.05, 0) is 55.5 Å². The topological polar surface area (TPSA) is 27.7 Å². The summed E-state index contributed by atoms with van der Waals surface area (Å²) in [5.74, 6) is 1.01. The van der Waals surface area contributed by atoms with Crippen molar-refractivity contribution >= 4 is 61.3 Å². The number of rotatable bonds is 7. The molecular formula is C27H29BrO3S4. The Hall–Kier alpha value is -1.00. The molecule has 0 saturated heterocycles. The molecule has 0 N–H and O–H groups in total. The van der Waals surface area contributed by atoms with E-state index < -0.39 is 0 Å². The van der Waals surface area contributed by atoms with Crippen LogP contribution in [-0.4, -0.2) is 33.5 Å². The smallest absolute Gasteiger partial charge is 0.134 e. The van der Waals surface area contributed by atoms with E-state index in [1.165, 1.54) is 46.2 Å². The molecule has 4 heterocycles. The second kappa shape index (κ2) is 10.0. The van der Waals surface area contributed by atoms with Crippen molar-refractivity contribution in [2.24, 2.45) is 0 Å². The van der Waals surface area contributed by atoms with Crippen molar-refractivity contribution in [1.82, 2.24) is 0 Å². The lowest BCUT2D eigenvalue weighted by Gasteiger charge is -2.21. The van der Waals surface area contributed by atoms with Crippen LogP contribution in [0.2, 0.25) is 0 Å². The van der Waals surface area contributed by atoms with Crippen molar-refractivity contribution in [3.05, 3.63) is 60.4 Å². The molecule has 3 nitrogen and oxygen atoms in total. The highest BCUT2D eigenvalue weighted by molar-refractivity contribution is 9.10. The van der Waals surface area contributed by atoms with E-state index in [0.717, 1.165) is 5.75 Å². The quantitative estimate of drug-likeness (QED) is 0.196. The standard InChI is InChI=1S/C16H20O3S2.C11H9BrS2/c1-16(2)11-4-9-20-14(11)15-13(16)12(10-21-15)19-8-7-18-6-5-17-3;1-11(2)6-3-4-13-9(6)10-8(11)7(12)5-14-10/h4,9-10H,5-8H2,1-3H3;3-5H,1-2H3. The van der Waals surface area contributed by atoms with Gasteiger partial charge in [0.15, 0.2) is 0 Å². The summed E-state index contributed by atoms with van der Waals surface area (Å²) in [6.45, 7) is 11.6. The van der Waals surface area contributed by atoms with Crippen molar-refractivity contribution < 1.29 is 14.2 Å². The van der Waals surface area contributed by atoms with Gasteiger partial charge in [0.05, 0.1) is 24.7 Å². The molecule has 8 heteroatoms. The molecule has 35 heavy (non-hydrogen) atoms. The molecule has 0 radical (unpaired) electrons. The molecule has 4 aromatic heterocycles. The number of ether oxygens (including phenoxy) is 3. The lowest BCUT2D eigenvalue weighted by Crippen LogP contribution is -2.16. The minimum atomic E-state index is 0.0386. The van der Waals surface area contributed by atoms with Crippen LogP contribution in [-0.2, 0) is 20.3 Å². The fourth-order valence-corrected chi connectivity index (χ4v) is 10.8. The SMILES string of the molecule is CC1(C)c2ccsc2-c2scc(Br)c21.COCCOCCOc1csc2c1C(C)(C)c1ccsc1-2. The van der Waals surface area contributed by atoms with Gasteiger partial charge in [0.2, 0.25) is 0 Å². The van der Waals surface area contributed by atoms with Crippen LogP contribution in [0.3, 0.4) is 0 Å². The van der Waals surface area contributed by atoms with E-state index in [-0.39, 0.29) is 10.8 Å². The predicted molar refractivity (Wildman–Crippen MR) is 155 cm³/mol. The molecule has 186 valence electrons. The van der Waals surface area contributed by atoms with Crippen LogP contribution >= 0.6 is 61.3 Å². The maximum atomic E-state index is 5.95. The number of fused-ring (bicyclic) bond motifs is 6. The number of halogens is 1. The third-order valence-corrected chi connectivity index (χ3v) is 11.8. The fourth-order valence-electron chi connectivity index (χ4n) is 4.97. The number of methoxy groups -OCH3 is 1. The molecule has 0 bridgehead atoms. The minimum Gasteiger partial charge on any atom is -0.490 e. The summed E-state index contributed by atoms with van der Waals surface area (Å²) in [5.41, 5.74) is 5.96.